The summed E-state index contributed by atoms with van der Waals surface area (Å²) < 4.78 is 5.19. The van der Waals surface area contributed by atoms with Gasteiger partial charge in [-0.15, -0.1) is 11.3 Å². The summed E-state index contributed by atoms with van der Waals surface area (Å²) in [6, 6.07) is 14.8. The lowest BCUT2D eigenvalue weighted by molar-refractivity contribution is 0.0929. The maximum atomic E-state index is 12.5. The van der Waals surface area contributed by atoms with Gasteiger partial charge in [-0.25, -0.2) is 0 Å². The van der Waals surface area contributed by atoms with Gasteiger partial charge < -0.3 is 20.7 Å². The maximum absolute atomic E-state index is 12.5. The van der Waals surface area contributed by atoms with E-state index in [0.717, 1.165) is 0 Å². The quantitative estimate of drug-likeness (QED) is 0.448. The lowest BCUT2D eigenvalue weighted by atomic mass is 10.1. The number of carbonyl (C=O) groups is 3. The van der Waals surface area contributed by atoms with Gasteiger partial charge in [-0.05, 0) is 53.9 Å². The third-order valence-electron chi connectivity index (χ3n) is 4.25. The van der Waals surface area contributed by atoms with Crippen molar-refractivity contribution in [2.24, 2.45) is 0 Å². The molecule has 3 N–H and O–H groups in total. The molecule has 3 aromatic rings. The smallest absolute Gasteiger partial charge is 0.261 e. The van der Waals surface area contributed by atoms with E-state index in [1.54, 1.807) is 48.5 Å². The standard InChI is InChI=1S/C22H20ClN3O4S/c1-30-18-9-6-15(23)13-17(18)21(28)26-16-7-4-14(5-8-16)20(27)24-10-11-25-22(29)19-3-2-12-31-19/h2-9,12-13H,10-11H2,1H3,(H,24,27)(H,25,29)(H,26,28). The van der Waals surface area contributed by atoms with Crippen LogP contribution in [0.25, 0.3) is 0 Å². The number of halogens is 1. The van der Waals surface area contributed by atoms with Crippen molar-refractivity contribution in [2.45, 2.75) is 0 Å². The number of amides is 3. The molecule has 0 radical (unpaired) electrons. The highest BCUT2D eigenvalue weighted by molar-refractivity contribution is 7.12. The molecule has 0 saturated heterocycles. The largest absolute Gasteiger partial charge is 0.496 e. The first-order valence-corrected chi connectivity index (χ1v) is 10.6. The van der Waals surface area contributed by atoms with Gasteiger partial charge in [0.15, 0.2) is 0 Å². The fraction of sp³-hybridized carbons (Fsp3) is 0.136. The molecule has 0 bridgehead atoms. The number of rotatable bonds is 8. The Kier molecular flexibility index (Phi) is 7.64. The summed E-state index contributed by atoms with van der Waals surface area (Å²) in [5.41, 5.74) is 1.26. The van der Waals surface area contributed by atoms with Crippen molar-refractivity contribution in [3.8, 4) is 5.75 Å². The van der Waals surface area contributed by atoms with Gasteiger partial charge in [0, 0.05) is 29.4 Å². The number of methoxy groups -OCH3 is 1. The Morgan fingerprint density at radius 2 is 1.65 bits per heavy atom. The molecule has 3 amide bonds. The fourth-order valence-electron chi connectivity index (χ4n) is 2.71. The monoisotopic (exact) mass is 457 g/mol. The summed E-state index contributed by atoms with van der Waals surface area (Å²) in [6.45, 7) is 0.612. The van der Waals surface area contributed by atoms with Crippen LogP contribution in [0.15, 0.2) is 60.0 Å². The van der Waals surface area contributed by atoms with Crippen LogP contribution in [-0.2, 0) is 0 Å². The predicted octanol–water partition coefficient (Wildman–Crippen LogP) is 3.82. The Morgan fingerprint density at radius 3 is 2.29 bits per heavy atom. The van der Waals surface area contributed by atoms with Gasteiger partial charge in [0.05, 0.1) is 17.6 Å². The van der Waals surface area contributed by atoms with E-state index in [-0.39, 0.29) is 17.7 Å². The zero-order chi connectivity index (χ0) is 22.2. The molecular weight excluding hydrogens is 438 g/mol. The molecule has 9 heteroatoms. The van der Waals surface area contributed by atoms with Crippen molar-refractivity contribution in [2.75, 3.05) is 25.5 Å². The van der Waals surface area contributed by atoms with Crippen molar-refractivity contribution >= 4 is 46.3 Å². The van der Waals surface area contributed by atoms with Crippen LogP contribution in [0.1, 0.15) is 30.4 Å². The van der Waals surface area contributed by atoms with Gasteiger partial charge in [0.25, 0.3) is 17.7 Å². The number of hydrogen-bond donors (Lipinski definition) is 3. The van der Waals surface area contributed by atoms with Crippen molar-refractivity contribution in [1.29, 1.82) is 0 Å². The zero-order valence-electron chi connectivity index (χ0n) is 16.6. The second-order valence-electron chi connectivity index (χ2n) is 6.37. The van der Waals surface area contributed by atoms with Crippen LogP contribution in [-0.4, -0.2) is 37.9 Å². The van der Waals surface area contributed by atoms with Crippen molar-refractivity contribution < 1.29 is 19.1 Å². The van der Waals surface area contributed by atoms with Crippen molar-refractivity contribution in [3.05, 3.63) is 81.0 Å². The highest BCUT2D eigenvalue weighted by Crippen LogP contribution is 2.23. The normalized spacial score (nSPS) is 10.3. The number of hydrogen-bond acceptors (Lipinski definition) is 5. The molecule has 1 heterocycles. The summed E-state index contributed by atoms with van der Waals surface area (Å²) in [4.78, 5) is 37.2. The molecule has 0 aliphatic rings. The molecule has 0 aliphatic heterocycles. The molecule has 3 rings (SSSR count). The molecule has 1 aromatic heterocycles. The first kappa shape index (κ1) is 22.3. The van der Waals surface area contributed by atoms with E-state index in [9.17, 15) is 14.4 Å². The van der Waals surface area contributed by atoms with Gasteiger partial charge in [-0.3, -0.25) is 14.4 Å². The first-order chi connectivity index (χ1) is 15.0. The molecule has 0 aliphatic carbocycles. The van der Waals surface area contributed by atoms with Crippen LogP contribution in [0.5, 0.6) is 5.75 Å². The summed E-state index contributed by atoms with van der Waals surface area (Å²) >= 11 is 7.33. The number of thiophene rings is 1. The van der Waals surface area contributed by atoms with Crippen LogP contribution in [0.3, 0.4) is 0 Å². The van der Waals surface area contributed by atoms with Crippen LogP contribution in [0, 0.1) is 0 Å². The Hall–Kier alpha value is -3.36. The molecule has 0 fully saturated rings. The molecular formula is C22H20ClN3O4S. The molecule has 2 aromatic carbocycles. The SMILES string of the molecule is COc1ccc(Cl)cc1C(=O)Nc1ccc(C(=O)NCCNC(=O)c2cccs2)cc1. The van der Waals surface area contributed by atoms with E-state index in [2.05, 4.69) is 16.0 Å². The molecule has 7 nitrogen and oxygen atoms in total. The van der Waals surface area contributed by atoms with E-state index in [1.165, 1.54) is 24.5 Å². The summed E-state index contributed by atoms with van der Waals surface area (Å²) in [5.74, 6) is -0.414. The fourth-order valence-corrected chi connectivity index (χ4v) is 3.52. The zero-order valence-corrected chi connectivity index (χ0v) is 18.2. The van der Waals surface area contributed by atoms with Gasteiger partial charge in [-0.2, -0.15) is 0 Å². The average molecular weight is 458 g/mol. The topological polar surface area (TPSA) is 96.5 Å². The molecule has 31 heavy (non-hydrogen) atoms. The van der Waals surface area contributed by atoms with Crippen molar-refractivity contribution in [1.82, 2.24) is 10.6 Å². The van der Waals surface area contributed by atoms with Gasteiger partial charge >= 0.3 is 0 Å². The van der Waals surface area contributed by atoms with Crippen LogP contribution in [0.4, 0.5) is 5.69 Å². The van der Waals surface area contributed by atoms with E-state index in [0.29, 0.717) is 45.6 Å². The molecule has 0 unspecified atom stereocenters. The summed E-state index contributed by atoms with van der Waals surface area (Å²) in [5, 5.41) is 10.5. The number of benzene rings is 2. The number of carbonyl (C=O) groups excluding carboxylic acids is 3. The average Bonchev–Trinajstić information content (AvgIpc) is 3.32. The van der Waals surface area contributed by atoms with E-state index in [4.69, 9.17) is 16.3 Å². The minimum atomic E-state index is -0.377. The van der Waals surface area contributed by atoms with Crippen molar-refractivity contribution in [3.63, 3.8) is 0 Å². The maximum Gasteiger partial charge on any atom is 0.261 e. The molecule has 0 saturated carbocycles. The minimum absolute atomic E-state index is 0.166. The van der Waals surface area contributed by atoms with Crippen LogP contribution in [0.2, 0.25) is 5.02 Å². The Labute approximate surface area is 188 Å². The third kappa shape index (κ3) is 6.07. The van der Waals surface area contributed by atoms with Gasteiger partial charge in [-0.1, -0.05) is 17.7 Å². The van der Waals surface area contributed by atoms with Gasteiger partial charge in [0.1, 0.15) is 5.75 Å². The molecule has 160 valence electrons. The highest BCUT2D eigenvalue weighted by Gasteiger charge is 2.14. The summed E-state index contributed by atoms with van der Waals surface area (Å²) in [6.07, 6.45) is 0. The second kappa shape index (κ2) is 10.6. The second-order valence-corrected chi connectivity index (χ2v) is 7.75. The Balaban J connectivity index is 1.50. The summed E-state index contributed by atoms with van der Waals surface area (Å²) in [7, 11) is 1.47. The highest BCUT2D eigenvalue weighted by atomic mass is 35.5. The van der Waals surface area contributed by atoms with Gasteiger partial charge in [0.2, 0.25) is 0 Å². The Morgan fingerprint density at radius 1 is 0.935 bits per heavy atom. The predicted molar refractivity (Wildman–Crippen MR) is 121 cm³/mol. The number of nitrogens with one attached hydrogen (secondary N) is 3. The third-order valence-corrected chi connectivity index (χ3v) is 5.36. The van der Waals surface area contributed by atoms with Crippen LogP contribution >= 0.6 is 22.9 Å². The Bertz CT molecular complexity index is 1070. The first-order valence-electron chi connectivity index (χ1n) is 9.33. The molecule has 0 atom stereocenters. The number of ether oxygens (including phenoxy) is 1. The minimum Gasteiger partial charge on any atom is -0.496 e. The lowest BCUT2D eigenvalue weighted by Gasteiger charge is -2.10. The van der Waals surface area contributed by atoms with E-state index >= 15 is 0 Å². The van der Waals surface area contributed by atoms with E-state index in [1.807, 2.05) is 5.38 Å². The molecule has 0 spiro atoms. The number of anilines is 1. The van der Waals surface area contributed by atoms with E-state index < -0.39 is 0 Å². The van der Waals surface area contributed by atoms with Crippen LogP contribution < -0.4 is 20.7 Å². The lowest BCUT2D eigenvalue weighted by Crippen LogP contribution is -2.34.